The van der Waals surface area contributed by atoms with Gasteiger partial charge < -0.3 is 5.32 Å². The van der Waals surface area contributed by atoms with Gasteiger partial charge in [-0.15, -0.1) is 0 Å². The van der Waals surface area contributed by atoms with Gasteiger partial charge in [-0.2, -0.15) is 4.31 Å². The molecule has 4 aliphatic rings. The average molecular weight is 466 g/mol. The molecule has 33 heavy (non-hydrogen) atoms. The standard InChI is InChI=1S/C25H27N3O4S/c29-24(17-8-11-19(12-9-17)33(31,32)28-14-4-1-5-15-28)26-18-10-13-21-20-6-2-3-7-22(20)25(30)27-23(21)16-18/h8-13,16,21H,1-7,14-15H2,(H,27,30). The molecule has 2 amide bonds. The number of hydrogen-bond acceptors (Lipinski definition) is 4. The third kappa shape index (κ3) is 4.25. The van der Waals surface area contributed by atoms with Crippen LogP contribution in [0.1, 0.15) is 55.3 Å². The molecule has 1 atom stereocenters. The summed E-state index contributed by atoms with van der Waals surface area (Å²) in [5.74, 6) is -0.448. The lowest BCUT2D eigenvalue weighted by Gasteiger charge is -2.33. The fraction of sp³-hybridized carbons (Fsp3) is 0.400. The Hall–Kier alpha value is -2.84. The molecule has 0 saturated carbocycles. The summed E-state index contributed by atoms with van der Waals surface area (Å²) in [6.07, 6.45) is 12.2. The number of benzene rings is 1. The third-order valence-electron chi connectivity index (χ3n) is 6.80. The maximum Gasteiger partial charge on any atom is 0.277 e. The van der Waals surface area contributed by atoms with Crippen LogP contribution < -0.4 is 5.32 Å². The lowest BCUT2D eigenvalue weighted by molar-refractivity contribution is -0.117. The first-order valence-electron chi connectivity index (χ1n) is 11.6. The molecule has 1 N–H and O–H groups in total. The first kappa shape index (κ1) is 22.0. The average Bonchev–Trinajstić information content (AvgIpc) is 2.85. The van der Waals surface area contributed by atoms with E-state index < -0.39 is 15.9 Å². The van der Waals surface area contributed by atoms with Crippen molar-refractivity contribution in [3.8, 4) is 0 Å². The fourth-order valence-electron chi connectivity index (χ4n) is 5.03. The van der Waals surface area contributed by atoms with E-state index in [1.807, 2.05) is 12.2 Å². The molecule has 0 bridgehead atoms. The molecule has 0 aromatic heterocycles. The van der Waals surface area contributed by atoms with E-state index in [1.54, 1.807) is 6.08 Å². The second kappa shape index (κ2) is 8.83. The Morgan fingerprint density at radius 2 is 1.73 bits per heavy atom. The van der Waals surface area contributed by atoms with Gasteiger partial charge >= 0.3 is 0 Å². The van der Waals surface area contributed by atoms with E-state index in [4.69, 9.17) is 0 Å². The fourth-order valence-corrected chi connectivity index (χ4v) is 6.54. The van der Waals surface area contributed by atoms with Gasteiger partial charge in [-0.1, -0.05) is 12.5 Å². The van der Waals surface area contributed by atoms with Crippen LogP contribution in [0.25, 0.3) is 0 Å². The van der Waals surface area contributed by atoms with E-state index in [2.05, 4.69) is 10.3 Å². The van der Waals surface area contributed by atoms with Gasteiger partial charge in [-0.05, 0) is 80.5 Å². The van der Waals surface area contributed by atoms with Crippen LogP contribution in [0.3, 0.4) is 0 Å². The number of sulfonamides is 1. The minimum absolute atomic E-state index is 0.0429. The minimum Gasteiger partial charge on any atom is -0.325 e. The topological polar surface area (TPSA) is 95.9 Å². The van der Waals surface area contributed by atoms with E-state index in [1.165, 1.54) is 34.1 Å². The molecule has 2 aliphatic heterocycles. The number of nitrogens with zero attached hydrogens (tertiary/aromatic N) is 2. The summed E-state index contributed by atoms with van der Waals surface area (Å²) in [5, 5.41) is 2.97. The Labute approximate surface area is 194 Å². The molecule has 1 saturated heterocycles. The lowest BCUT2D eigenvalue weighted by atomic mass is 9.77. The summed E-state index contributed by atoms with van der Waals surface area (Å²) >= 11 is 0. The number of carbonyl (C=O) groups is 2. The zero-order valence-corrected chi connectivity index (χ0v) is 19.2. The zero-order valence-electron chi connectivity index (χ0n) is 18.4. The second-order valence-electron chi connectivity index (χ2n) is 8.93. The number of aliphatic imine (C=N–C) groups is 1. The van der Waals surface area contributed by atoms with Gasteiger partial charge in [-0.3, -0.25) is 9.59 Å². The van der Waals surface area contributed by atoms with Gasteiger partial charge in [0.2, 0.25) is 10.0 Å². The summed E-state index contributed by atoms with van der Waals surface area (Å²) in [4.78, 5) is 29.6. The molecule has 1 fully saturated rings. The highest BCUT2D eigenvalue weighted by molar-refractivity contribution is 7.89. The molecule has 5 rings (SSSR count). The van der Waals surface area contributed by atoms with Crippen molar-refractivity contribution in [1.82, 2.24) is 9.62 Å². The smallest absolute Gasteiger partial charge is 0.277 e. The number of fused-ring (bicyclic) bond motifs is 2. The maximum atomic E-state index is 12.8. The van der Waals surface area contributed by atoms with E-state index in [0.29, 0.717) is 24.4 Å². The lowest BCUT2D eigenvalue weighted by Crippen LogP contribution is -2.37. The second-order valence-corrected chi connectivity index (χ2v) is 10.9. The SMILES string of the molecule is O=C1NC2=CC(=NC(=O)c3ccc(S(=O)(=O)N4CCCCC4)cc3)C=CC2C2=C1CCCC2. The Morgan fingerprint density at radius 3 is 2.48 bits per heavy atom. The van der Waals surface area contributed by atoms with Crippen LogP contribution in [0.2, 0.25) is 0 Å². The van der Waals surface area contributed by atoms with Crippen LogP contribution in [-0.2, 0) is 14.8 Å². The van der Waals surface area contributed by atoms with Gasteiger partial charge in [0.1, 0.15) is 0 Å². The van der Waals surface area contributed by atoms with Crippen molar-refractivity contribution in [2.45, 2.75) is 49.8 Å². The van der Waals surface area contributed by atoms with Crippen molar-refractivity contribution >= 4 is 27.5 Å². The molecule has 2 aliphatic carbocycles. The molecule has 1 aromatic carbocycles. The summed E-state index contributed by atoms with van der Waals surface area (Å²) in [6.45, 7) is 1.07. The number of rotatable bonds is 3. The normalized spacial score (nSPS) is 24.7. The molecular formula is C25H27N3O4S. The number of allylic oxidation sites excluding steroid dienone is 3. The quantitative estimate of drug-likeness (QED) is 0.739. The van der Waals surface area contributed by atoms with Crippen molar-refractivity contribution in [1.29, 1.82) is 0 Å². The Morgan fingerprint density at radius 1 is 1.00 bits per heavy atom. The van der Waals surface area contributed by atoms with Crippen molar-refractivity contribution < 1.29 is 18.0 Å². The van der Waals surface area contributed by atoms with Crippen LogP contribution in [0.4, 0.5) is 0 Å². The molecule has 0 spiro atoms. The number of piperidine rings is 1. The van der Waals surface area contributed by atoms with Crippen LogP contribution >= 0.6 is 0 Å². The van der Waals surface area contributed by atoms with Crippen molar-refractivity contribution in [2.75, 3.05) is 13.1 Å². The summed E-state index contributed by atoms with van der Waals surface area (Å²) < 4.78 is 27.1. The molecule has 172 valence electrons. The monoisotopic (exact) mass is 465 g/mol. The Kier molecular flexibility index (Phi) is 5.88. The molecule has 0 radical (unpaired) electrons. The van der Waals surface area contributed by atoms with Crippen molar-refractivity contribution in [2.24, 2.45) is 10.9 Å². The zero-order chi connectivity index (χ0) is 23.0. The van der Waals surface area contributed by atoms with Crippen LogP contribution in [0.15, 0.2) is 69.2 Å². The summed E-state index contributed by atoms with van der Waals surface area (Å²) in [6, 6.07) is 5.96. The Bertz CT molecular complexity index is 1220. The van der Waals surface area contributed by atoms with Crippen molar-refractivity contribution in [3.05, 3.63) is 64.9 Å². The maximum absolute atomic E-state index is 12.8. The number of nitrogens with one attached hydrogen (secondary N) is 1. The molecule has 2 heterocycles. The summed E-state index contributed by atoms with van der Waals surface area (Å²) in [5.41, 5.74) is 3.64. The van der Waals surface area contributed by atoms with Crippen LogP contribution in [-0.4, -0.2) is 43.3 Å². The predicted octanol–water partition coefficient (Wildman–Crippen LogP) is 3.51. The van der Waals surface area contributed by atoms with Crippen LogP contribution in [0.5, 0.6) is 0 Å². The minimum atomic E-state index is -3.54. The molecule has 1 unspecified atom stereocenters. The molecule has 1 aromatic rings. The number of hydrogen-bond donors (Lipinski definition) is 1. The highest BCUT2D eigenvalue weighted by Crippen LogP contribution is 2.38. The molecule has 7 nitrogen and oxygen atoms in total. The van der Waals surface area contributed by atoms with Crippen LogP contribution in [0, 0.1) is 5.92 Å². The largest absolute Gasteiger partial charge is 0.325 e. The van der Waals surface area contributed by atoms with Crippen molar-refractivity contribution in [3.63, 3.8) is 0 Å². The Balaban J connectivity index is 1.33. The predicted molar refractivity (Wildman–Crippen MR) is 125 cm³/mol. The van der Waals surface area contributed by atoms with Gasteiger partial charge in [0, 0.05) is 35.8 Å². The van der Waals surface area contributed by atoms with Gasteiger partial charge in [0.25, 0.3) is 11.8 Å². The number of carbonyl (C=O) groups excluding carboxylic acids is 2. The highest BCUT2D eigenvalue weighted by atomic mass is 32.2. The molecule has 8 heteroatoms. The van der Waals surface area contributed by atoms with Gasteiger partial charge in [0.15, 0.2) is 0 Å². The highest BCUT2D eigenvalue weighted by Gasteiger charge is 2.33. The number of amides is 2. The third-order valence-corrected chi connectivity index (χ3v) is 8.71. The van der Waals surface area contributed by atoms with E-state index in [-0.39, 0.29) is 16.7 Å². The summed E-state index contributed by atoms with van der Waals surface area (Å²) in [7, 11) is -3.54. The van der Waals surface area contributed by atoms with E-state index in [0.717, 1.165) is 56.2 Å². The first-order chi connectivity index (χ1) is 15.9. The van der Waals surface area contributed by atoms with Gasteiger partial charge in [-0.25, -0.2) is 13.4 Å². The van der Waals surface area contributed by atoms with E-state index in [9.17, 15) is 18.0 Å². The first-order valence-corrected chi connectivity index (χ1v) is 13.0. The molecular weight excluding hydrogens is 438 g/mol. The van der Waals surface area contributed by atoms with Gasteiger partial charge in [0.05, 0.1) is 10.6 Å². The van der Waals surface area contributed by atoms with E-state index >= 15 is 0 Å².